The molecule has 26 heavy (non-hydrogen) atoms. The topological polar surface area (TPSA) is 67.7 Å². The molecule has 0 unspecified atom stereocenters. The van der Waals surface area contributed by atoms with E-state index in [1.807, 2.05) is 13.8 Å². The molecule has 10 heteroatoms. The average Bonchev–Trinajstić information content (AvgIpc) is 2.93. The third-order valence-corrected chi connectivity index (χ3v) is 7.28. The van der Waals surface area contributed by atoms with Crippen molar-refractivity contribution in [2.45, 2.75) is 25.4 Å². The van der Waals surface area contributed by atoms with Crippen molar-refractivity contribution in [1.82, 2.24) is 19.0 Å². The third kappa shape index (κ3) is 4.32. The van der Waals surface area contributed by atoms with Crippen molar-refractivity contribution in [3.63, 3.8) is 0 Å². The summed E-state index contributed by atoms with van der Waals surface area (Å²) in [5.74, 6) is 0.673. The van der Waals surface area contributed by atoms with Gasteiger partial charge in [-0.25, -0.2) is 13.1 Å². The molecule has 1 aliphatic rings. The first-order valence-corrected chi connectivity index (χ1v) is 11.1. The Balaban J connectivity index is 1.63. The number of aryl methyl sites for hydroxylation is 1. The third-order valence-electron chi connectivity index (χ3n) is 4.15. The second-order valence-corrected chi connectivity index (χ2v) is 9.72. The van der Waals surface area contributed by atoms with Crippen LogP contribution in [0.25, 0.3) is 0 Å². The summed E-state index contributed by atoms with van der Waals surface area (Å²) in [7, 11) is -3.48. The first-order valence-electron chi connectivity index (χ1n) is 8.40. The average molecular weight is 415 g/mol. The van der Waals surface area contributed by atoms with E-state index in [-0.39, 0.29) is 0 Å². The van der Waals surface area contributed by atoms with Crippen LogP contribution in [0.4, 0.5) is 0 Å². The van der Waals surface area contributed by atoms with Crippen molar-refractivity contribution in [3.8, 4) is 5.75 Å². The first-order chi connectivity index (χ1) is 12.4. The zero-order valence-electron chi connectivity index (χ0n) is 14.8. The second kappa shape index (κ2) is 8.13. The van der Waals surface area contributed by atoms with Crippen LogP contribution in [0.15, 0.2) is 29.2 Å². The minimum atomic E-state index is -3.48. The van der Waals surface area contributed by atoms with E-state index in [0.717, 1.165) is 8.96 Å². The normalized spacial score (nSPS) is 16.7. The minimum absolute atomic E-state index is 0.298. The molecule has 0 radical (unpaired) electrons. The Morgan fingerprint density at radius 2 is 1.85 bits per heavy atom. The summed E-state index contributed by atoms with van der Waals surface area (Å²) in [6.07, 6.45) is 0. The molecule has 0 atom stereocenters. The lowest BCUT2D eigenvalue weighted by Crippen LogP contribution is -2.48. The predicted molar refractivity (Wildman–Crippen MR) is 104 cm³/mol. The Bertz CT molecular complexity index is 898. The molecule has 1 aromatic heterocycles. The van der Waals surface area contributed by atoms with Gasteiger partial charge in [0.1, 0.15) is 10.8 Å². The predicted octanol–water partition coefficient (Wildman–Crippen LogP) is 2.35. The maximum absolute atomic E-state index is 12.8. The van der Waals surface area contributed by atoms with Gasteiger partial charge in [-0.05, 0) is 50.3 Å². The molecule has 1 aliphatic heterocycles. The lowest BCUT2D eigenvalue weighted by atomic mass is 10.3. The highest BCUT2D eigenvalue weighted by Gasteiger charge is 2.28. The number of sulfonamides is 1. The lowest BCUT2D eigenvalue weighted by molar-refractivity contribution is 0.145. The van der Waals surface area contributed by atoms with Gasteiger partial charge in [-0.15, -0.1) is 0 Å². The van der Waals surface area contributed by atoms with Crippen molar-refractivity contribution in [2.75, 3.05) is 32.8 Å². The van der Waals surface area contributed by atoms with Gasteiger partial charge in [0.05, 0.1) is 18.2 Å². The van der Waals surface area contributed by atoms with Gasteiger partial charge in [0.15, 0.2) is 3.95 Å². The Hall–Kier alpha value is -1.33. The van der Waals surface area contributed by atoms with Crippen LogP contribution >= 0.6 is 23.6 Å². The van der Waals surface area contributed by atoms with E-state index in [4.69, 9.17) is 17.0 Å². The fourth-order valence-electron chi connectivity index (χ4n) is 2.82. The summed E-state index contributed by atoms with van der Waals surface area (Å²) >= 11 is 6.78. The molecule has 2 aromatic rings. The number of rotatable bonds is 6. The van der Waals surface area contributed by atoms with Gasteiger partial charge in [-0.2, -0.15) is 9.40 Å². The van der Waals surface area contributed by atoms with Crippen LogP contribution in [0.2, 0.25) is 0 Å². The van der Waals surface area contributed by atoms with E-state index >= 15 is 0 Å². The van der Waals surface area contributed by atoms with Gasteiger partial charge >= 0.3 is 0 Å². The van der Waals surface area contributed by atoms with Crippen molar-refractivity contribution < 1.29 is 13.2 Å². The highest BCUT2D eigenvalue weighted by Crippen LogP contribution is 2.21. The number of ether oxygens (including phenoxy) is 1. The summed E-state index contributed by atoms with van der Waals surface area (Å²) in [6, 6.07) is 6.59. The fraction of sp³-hybridized carbons (Fsp3) is 0.500. The van der Waals surface area contributed by atoms with Gasteiger partial charge < -0.3 is 4.74 Å². The molecule has 1 fully saturated rings. The maximum Gasteiger partial charge on any atom is 0.243 e. The molecule has 3 rings (SSSR count). The highest BCUT2D eigenvalue weighted by atomic mass is 32.2. The summed E-state index contributed by atoms with van der Waals surface area (Å²) in [6.45, 7) is 7.17. The van der Waals surface area contributed by atoms with Crippen LogP contribution in [0.3, 0.4) is 0 Å². The van der Waals surface area contributed by atoms with Crippen LogP contribution in [0, 0.1) is 10.9 Å². The molecule has 0 amide bonds. The summed E-state index contributed by atoms with van der Waals surface area (Å²) < 4.78 is 35.1. The summed E-state index contributed by atoms with van der Waals surface area (Å²) in [4.78, 5) is 2.46. The van der Waals surface area contributed by atoms with E-state index in [9.17, 15) is 8.42 Å². The number of aromatic nitrogens is 2. The lowest BCUT2D eigenvalue weighted by Gasteiger charge is -2.33. The van der Waals surface area contributed by atoms with Crippen molar-refractivity contribution >= 4 is 33.6 Å². The Labute approximate surface area is 162 Å². The van der Waals surface area contributed by atoms with Crippen molar-refractivity contribution in [3.05, 3.63) is 33.2 Å². The molecule has 0 spiro atoms. The standard InChI is InChI=1S/C16H22N4O3S3/c1-3-23-14-4-6-15(7-5-14)26(21,22)19-10-8-18(9-11-19)12-20-16(24)25-13(2)17-20/h4-7H,3,8-12H2,1-2H3. The van der Waals surface area contributed by atoms with Gasteiger partial charge in [0.25, 0.3) is 0 Å². The van der Waals surface area contributed by atoms with E-state index in [0.29, 0.717) is 50.1 Å². The van der Waals surface area contributed by atoms with Crippen LogP contribution < -0.4 is 4.74 Å². The van der Waals surface area contributed by atoms with E-state index in [2.05, 4.69) is 10.00 Å². The Morgan fingerprint density at radius 1 is 1.19 bits per heavy atom. The minimum Gasteiger partial charge on any atom is -0.494 e. The molecule has 142 valence electrons. The molecule has 2 heterocycles. The smallest absolute Gasteiger partial charge is 0.243 e. The number of nitrogens with zero attached hydrogens (tertiary/aromatic N) is 4. The molecule has 1 saturated heterocycles. The van der Waals surface area contributed by atoms with E-state index in [1.165, 1.54) is 15.6 Å². The Morgan fingerprint density at radius 3 is 2.38 bits per heavy atom. The molecule has 0 saturated carbocycles. The largest absolute Gasteiger partial charge is 0.494 e. The summed E-state index contributed by atoms with van der Waals surface area (Å²) in [5, 5.41) is 5.33. The van der Waals surface area contributed by atoms with Gasteiger partial charge in [0, 0.05) is 26.2 Å². The Kier molecular flexibility index (Phi) is 6.08. The number of benzene rings is 1. The van der Waals surface area contributed by atoms with Crippen LogP contribution in [0.5, 0.6) is 5.75 Å². The SMILES string of the molecule is CCOc1ccc(S(=O)(=O)N2CCN(Cn3nc(C)sc3=S)CC2)cc1. The zero-order valence-corrected chi connectivity index (χ0v) is 17.2. The number of hydrogen-bond acceptors (Lipinski definition) is 7. The van der Waals surface area contributed by atoms with Crippen LogP contribution in [0.1, 0.15) is 11.9 Å². The van der Waals surface area contributed by atoms with Crippen molar-refractivity contribution in [1.29, 1.82) is 0 Å². The van der Waals surface area contributed by atoms with E-state index < -0.39 is 10.0 Å². The number of piperazine rings is 1. The maximum atomic E-state index is 12.8. The summed E-state index contributed by atoms with van der Waals surface area (Å²) in [5.41, 5.74) is 0. The molecule has 0 N–H and O–H groups in total. The van der Waals surface area contributed by atoms with Crippen LogP contribution in [-0.2, 0) is 16.7 Å². The second-order valence-electron chi connectivity index (χ2n) is 5.95. The molecule has 7 nitrogen and oxygen atoms in total. The van der Waals surface area contributed by atoms with Gasteiger partial charge in [-0.1, -0.05) is 11.3 Å². The monoisotopic (exact) mass is 414 g/mol. The van der Waals surface area contributed by atoms with Crippen LogP contribution in [-0.4, -0.2) is 60.2 Å². The zero-order chi connectivity index (χ0) is 18.7. The molecular weight excluding hydrogens is 392 g/mol. The first kappa shape index (κ1) is 19.4. The molecule has 1 aromatic carbocycles. The molecule has 0 aliphatic carbocycles. The fourth-order valence-corrected chi connectivity index (χ4v) is 5.30. The number of hydrogen-bond donors (Lipinski definition) is 0. The van der Waals surface area contributed by atoms with E-state index in [1.54, 1.807) is 28.9 Å². The quantitative estimate of drug-likeness (QED) is 0.676. The van der Waals surface area contributed by atoms with Gasteiger partial charge in [-0.3, -0.25) is 4.90 Å². The molecular formula is C16H22N4O3S3. The van der Waals surface area contributed by atoms with Gasteiger partial charge in [0.2, 0.25) is 10.0 Å². The highest BCUT2D eigenvalue weighted by molar-refractivity contribution is 7.89. The van der Waals surface area contributed by atoms with Crippen molar-refractivity contribution in [2.24, 2.45) is 0 Å². The molecule has 0 bridgehead atoms.